The van der Waals surface area contributed by atoms with Crippen molar-refractivity contribution in [2.75, 3.05) is 26.5 Å². The van der Waals surface area contributed by atoms with Gasteiger partial charge in [0.2, 0.25) is 15.9 Å². The molecule has 142 valence electrons. The average molecular weight is 383 g/mol. The fourth-order valence-corrected chi connectivity index (χ4v) is 3.60. The van der Waals surface area contributed by atoms with Gasteiger partial charge >= 0.3 is 5.97 Å². The van der Waals surface area contributed by atoms with E-state index in [-0.39, 0.29) is 19.5 Å². The highest BCUT2D eigenvalue weighted by Gasteiger charge is 2.37. The van der Waals surface area contributed by atoms with E-state index < -0.39 is 40.5 Å². The van der Waals surface area contributed by atoms with Crippen molar-refractivity contribution in [3.63, 3.8) is 0 Å². The standard InChI is InChI=1S/C16H21N3O6S/c1-17-14(20)8-18-15(21)10-25-16(22)13-7-11-5-3-4-6-12(11)9-19(13)26(2,23)24/h3-6,13H,7-10H2,1-2H3,(H,17,20)(H,18,21)/t13-/m0/s1. The predicted octanol–water partition coefficient (Wildman–Crippen LogP) is -1.22. The molecular formula is C16H21N3O6S. The summed E-state index contributed by atoms with van der Waals surface area (Å²) in [5.74, 6) is -1.85. The molecule has 0 spiro atoms. The van der Waals surface area contributed by atoms with Crippen LogP contribution in [0.5, 0.6) is 0 Å². The van der Waals surface area contributed by atoms with Gasteiger partial charge in [-0.2, -0.15) is 4.31 Å². The van der Waals surface area contributed by atoms with Crippen LogP contribution < -0.4 is 10.6 Å². The summed E-state index contributed by atoms with van der Waals surface area (Å²) in [5.41, 5.74) is 1.68. The number of carbonyl (C=O) groups is 3. The molecular weight excluding hydrogens is 362 g/mol. The van der Waals surface area contributed by atoms with Gasteiger partial charge in [-0.1, -0.05) is 24.3 Å². The molecule has 0 fully saturated rings. The molecule has 1 aliphatic rings. The molecule has 9 nitrogen and oxygen atoms in total. The van der Waals surface area contributed by atoms with Gasteiger partial charge in [-0.05, 0) is 11.1 Å². The van der Waals surface area contributed by atoms with E-state index in [1.165, 1.54) is 7.05 Å². The fourth-order valence-electron chi connectivity index (χ4n) is 2.60. The monoisotopic (exact) mass is 383 g/mol. The van der Waals surface area contributed by atoms with Crippen LogP contribution in [0.1, 0.15) is 11.1 Å². The summed E-state index contributed by atoms with van der Waals surface area (Å²) in [5, 5.41) is 4.62. The molecule has 1 aliphatic heterocycles. The Kier molecular flexibility index (Phi) is 6.32. The zero-order valence-corrected chi connectivity index (χ0v) is 15.3. The van der Waals surface area contributed by atoms with Crippen molar-refractivity contribution in [1.29, 1.82) is 0 Å². The zero-order valence-electron chi connectivity index (χ0n) is 14.5. The lowest BCUT2D eigenvalue weighted by Crippen LogP contribution is -2.49. The molecule has 0 saturated carbocycles. The lowest BCUT2D eigenvalue weighted by Gasteiger charge is -2.33. The number of ether oxygens (including phenoxy) is 1. The molecule has 0 aromatic heterocycles. The van der Waals surface area contributed by atoms with E-state index in [1.807, 2.05) is 12.1 Å². The third-order valence-electron chi connectivity index (χ3n) is 3.97. The molecule has 2 N–H and O–H groups in total. The molecule has 0 radical (unpaired) electrons. The van der Waals surface area contributed by atoms with Gasteiger partial charge in [-0.25, -0.2) is 8.42 Å². The molecule has 10 heteroatoms. The first-order chi connectivity index (χ1) is 12.2. The molecule has 0 unspecified atom stereocenters. The molecule has 2 rings (SSSR count). The lowest BCUT2D eigenvalue weighted by atomic mass is 9.96. The number of carbonyl (C=O) groups excluding carboxylic acids is 3. The highest BCUT2D eigenvalue weighted by Crippen LogP contribution is 2.26. The second-order valence-corrected chi connectivity index (χ2v) is 7.79. The van der Waals surface area contributed by atoms with Gasteiger partial charge in [0.1, 0.15) is 6.04 Å². The maximum absolute atomic E-state index is 12.4. The Balaban J connectivity index is 2.03. The number of fused-ring (bicyclic) bond motifs is 1. The molecule has 1 aromatic rings. The van der Waals surface area contributed by atoms with E-state index in [4.69, 9.17) is 4.74 Å². The summed E-state index contributed by atoms with van der Waals surface area (Å²) in [6.07, 6.45) is 1.19. The number of likely N-dealkylation sites (N-methyl/N-ethyl adjacent to an activating group) is 1. The number of nitrogens with zero attached hydrogens (tertiary/aromatic N) is 1. The Bertz CT molecular complexity index is 808. The largest absolute Gasteiger partial charge is 0.454 e. The lowest BCUT2D eigenvalue weighted by molar-refractivity contribution is -0.152. The summed E-state index contributed by atoms with van der Waals surface area (Å²) in [6, 6.07) is 6.21. The van der Waals surface area contributed by atoms with Gasteiger partial charge in [-0.15, -0.1) is 0 Å². The first-order valence-corrected chi connectivity index (χ1v) is 9.74. The summed E-state index contributed by atoms with van der Waals surface area (Å²) in [6.45, 7) is -0.762. The van der Waals surface area contributed by atoms with Gasteiger partial charge in [0, 0.05) is 20.0 Å². The van der Waals surface area contributed by atoms with E-state index in [9.17, 15) is 22.8 Å². The topological polar surface area (TPSA) is 122 Å². The number of rotatable bonds is 6. The first kappa shape index (κ1) is 19.9. The maximum Gasteiger partial charge on any atom is 0.325 e. The third-order valence-corrected chi connectivity index (χ3v) is 5.21. The number of amides is 2. The van der Waals surface area contributed by atoms with Crippen LogP contribution in [0.4, 0.5) is 0 Å². The second kappa shape index (κ2) is 8.28. The molecule has 0 aliphatic carbocycles. The van der Waals surface area contributed by atoms with E-state index >= 15 is 0 Å². The highest BCUT2D eigenvalue weighted by molar-refractivity contribution is 7.88. The molecule has 0 bridgehead atoms. The molecule has 2 amide bonds. The van der Waals surface area contributed by atoms with Crippen molar-refractivity contribution in [3.8, 4) is 0 Å². The van der Waals surface area contributed by atoms with Crippen molar-refractivity contribution in [2.24, 2.45) is 0 Å². The van der Waals surface area contributed by atoms with E-state index in [0.717, 1.165) is 21.7 Å². The van der Waals surface area contributed by atoms with Crippen molar-refractivity contribution >= 4 is 27.8 Å². The van der Waals surface area contributed by atoms with Crippen LogP contribution >= 0.6 is 0 Å². The molecule has 1 atom stereocenters. The minimum Gasteiger partial charge on any atom is -0.454 e. The first-order valence-electron chi connectivity index (χ1n) is 7.90. The van der Waals surface area contributed by atoms with Gasteiger partial charge in [0.15, 0.2) is 6.61 Å². The Labute approximate surface area is 151 Å². The number of sulfonamides is 1. The van der Waals surface area contributed by atoms with Crippen molar-refractivity contribution in [2.45, 2.75) is 19.0 Å². The van der Waals surface area contributed by atoms with Crippen LogP contribution in [0.15, 0.2) is 24.3 Å². The van der Waals surface area contributed by atoms with Crippen LogP contribution in [0.2, 0.25) is 0 Å². The molecule has 1 heterocycles. The predicted molar refractivity (Wildman–Crippen MR) is 92.4 cm³/mol. The average Bonchev–Trinajstić information content (AvgIpc) is 2.62. The van der Waals surface area contributed by atoms with E-state index in [2.05, 4.69) is 10.6 Å². The quantitative estimate of drug-likeness (QED) is 0.594. The molecule has 1 aromatic carbocycles. The zero-order chi connectivity index (χ0) is 19.3. The smallest absolute Gasteiger partial charge is 0.325 e. The summed E-state index contributed by atoms with van der Waals surface area (Å²) in [7, 11) is -2.22. The number of benzene rings is 1. The highest BCUT2D eigenvalue weighted by atomic mass is 32.2. The Morgan fingerprint density at radius 2 is 1.85 bits per heavy atom. The fraction of sp³-hybridized carbons (Fsp3) is 0.438. The van der Waals surface area contributed by atoms with E-state index in [1.54, 1.807) is 12.1 Å². The van der Waals surface area contributed by atoms with Crippen LogP contribution in [0.3, 0.4) is 0 Å². The second-order valence-electron chi connectivity index (χ2n) is 5.85. The van der Waals surface area contributed by atoms with Crippen LogP contribution in [-0.2, 0) is 42.1 Å². The minimum absolute atomic E-state index is 0.0671. The van der Waals surface area contributed by atoms with Gasteiger partial charge in [-0.3, -0.25) is 14.4 Å². The van der Waals surface area contributed by atoms with Gasteiger partial charge < -0.3 is 15.4 Å². The SMILES string of the molecule is CNC(=O)CNC(=O)COC(=O)[C@@H]1Cc2ccccc2CN1S(C)(=O)=O. The number of hydrogen-bond donors (Lipinski definition) is 2. The van der Waals surface area contributed by atoms with E-state index in [0.29, 0.717) is 0 Å². The summed E-state index contributed by atoms with van der Waals surface area (Å²) >= 11 is 0. The van der Waals surface area contributed by atoms with Crippen LogP contribution in [0, 0.1) is 0 Å². The van der Waals surface area contributed by atoms with Crippen molar-refractivity contribution < 1.29 is 27.5 Å². The summed E-state index contributed by atoms with van der Waals surface area (Å²) < 4.78 is 30.1. The Morgan fingerprint density at radius 1 is 1.19 bits per heavy atom. The minimum atomic E-state index is -3.65. The Hall–Kier alpha value is -2.46. The number of esters is 1. The molecule has 0 saturated heterocycles. The van der Waals surface area contributed by atoms with Crippen LogP contribution in [0.25, 0.3) is 0 Å². The van der Waals surface area contributed by atoms with Gasteiger partial charge in [0.25, 0.3) is 5.91 Å². The van der Waals surface area contributed by atoms with Gasteiger partial charge in [0.05, 0.1) is 12.8 Å². The Morgan fingerprint density at radius 3 is 2.46 bits per heavy atom. The number of hydrogen-bond acceptors (Lipinski definition) is 6. The van der Waals surface area contributed by atoms with Crippen molar-refractivity contribution in [1.82, 2.24) is 14.9 Å². The summed E-state index contributed by atoms with van der Waals surface area (Å²) in [4.78, 5) is 35.1. The normalized spacial score (nSPS) is 17.1. The van der Waals surface area contributed by atoms with Crippen LogP contribution in [-0.4, -0.2) is 63.0 Å². The maximum atomic E-state index is 12.4. The van der Waals surface area contributed by atoms with Crippen molar-refractivity contribution in [3.05, 3.63) is 35.4 Å². The number of nitrogens with one attached hydrogen (secondary N) is 2. The molecule has 26 heavy (non-hydrogen) atoms. The third kappa shape index (κ3) is 5.02.